The van der Waals surface area contributed by atoms with Gasteiger partial charge in [-0.3, -0.25) is 24.1 Å². The Morgan fingerprint density at radius 1 is 1.41 bits per heavy atom. The van der Waals surface area contributed by atoms with Crippen LogP contribution in [0, 0.1) is 0 Å². The standard InChI is InChI=1S/C13H18ClN4O7PS/c14-10-5-3-9(4-6-10)8-25-13(20)16-11-2-1-7-18(12(11)19)26(15,21)17-27(22,23)24/h3-6,11H,1-2,7-8H2,(H,16,20)(H3,15,17,21)(H,22,23,24)/t11-,26+/m0/s1. The van der Waals surface area contributed by atoms with E-state index in [2.05, 4.69) is 5.32 Å². The van der Waals surface area contributed by atoms with Crippen molar-refractivity contribution in [1.82, 2.24) is 14.5 Å². The number of nitrogens with two attached hydrogens (primary N) is 1. The summed E-state index contributed by atoms with van der Waals surface area (Å²) >= 11 is 5.76. The summed E-state index contributed by atoms with van der Waals surface area (Å²) in [5, 5.41) is 2.85. The molecule has 5 N–H and O–H groups in total. The fourth-order valence-electron chi connectivity index (χ4n) is 2.42. The van der Waals surface area contributed by atoms with Crippen LogP contribution in [0.3, 0.4) is 0 Å². The largest absolute Gasteiger partial charge is 0.445 e. The molecule has 0 radical (unpaired) electrons. The Kier molecular flexibility index (Phi) is 6.84. The molecule has 2 atom stereocenters. The zero-order valence-electron chi connectivity index (χ0n) is 13.9. The van der Waals surface area contributed by atoms with E-state index in [1.807, 2.05) is 0 Å². The van der Waals surface area contributed by atoms with Crippen LogP contribution in [0.2, 0.25) is 5.02 Å². The molecule has 0 saturated carbocycles. The third-order valence-corrected chi connectivity index (χ3v) is 6.93. The van der Waals surface area contributed by atoms with Gasteiger partial charge in [0.25, 0.3) is 5.91 Å². The van der Waals surface area contributed by atoms with Crippen LogP contribution in [-0.4, -0.2) is 42.2 Å². The first-order valence-electron chi connectivity index (χ1n) is 7.62. The summed E-state index contributed by atoms with van der Waals surface area (Å²) in [6.07, 6.45) is -0.376. The minimum atomic E-state index is -4.89. The van der Waals surface area contributed by atoms with E-state index in [-0.39, 0.29) is 19.6 Å². The lowest BCUT2D eigenvalue weighted by Crippen LogP contribution is -2.53. The number of ether oxygens (including phenoxy) is 1. The molecule has 1 aliphatic rings. The number of hydrogen-bond donors (Lipinski definition) is 4. The Labute approximate surface area is 160 Å². The number of carbonyl (C=O) groups is 2. The quantitative estimate of drug-likeness (QED) is 0.375. The maximum atomic E-state index is 12.4. The van der Waals surface area contributed by atoms with Gasteiger partial charge >= 0.3 is 24.0 Å². The number of halogens is 1. The Balaban J connectivity index is 1.95. The van der Waals surface area contributed by atoms with Crippen LogP contribution in [0.1, 0.15) is 18.4 Å². The number of alkyl carbamates (subject to hydrolysis) is 1. The third kappa shape index (κ3) is 6.45. The molecule has 2 amide bonds. The molecule has 1 fully saturated rings. The van der Waals surface area contributed by atoms with Crippen molar-refractivity contribution in [2.75, 3.05) is 6.54 Å². The maximum Gasteiger partial charge on any atom is 0.408 e. The van der Waals surface area contributed by atoms with Crippen LogP contribution in [-0.2, 0) is 31.0 Å². The van der Waals surface area contributed by atoms with E-state index < -0.39 is 35.9 Å². The monoisotopic (exact) mass is 440 g/mol. The Hall–Kier alpha value is -1.69. The van der Waals surface area contributed by atoms with Gasteiger partial charge in [0.1, 0.15) is 12.6 Å². The van der Waals surface area contributed by atoms with E-state index in [0.717, 1.165) is 0 Å². The highest BCUT2D eigenvalue weighted by Gasteiger charge is 2.40. The minimum Gasteiger partial charge on any atom is -0.445 e. The molecule has 0 bridgehead atoms. The van der Waals surface area contributed by atoms with Gasteiger partial charge in [0.05, 0.1) is 0 Å². The average Bonchev–Trinajstić information content (AvgIpc) is 2.54. The molecular weight excluding hydrogens is 423 g/mol. The van der Waals surface area contributed by atoms with Crippen LogP contribution in [0.4, 0.5) is 4.79 Å². The summed E-state index contributed by atoms with van der Waals surface area (Å²) in [4.78, 5) is 24.3. The van der Waals surface area contributed by atoms with E-state index in [4.69, 9.17) is 26.4 Å². The molecule has 0 unspecified atom stereocenters. The van der Waals surface area contributed by atoms with Crippen LogP contribution < -0.4 is 15.3 Å². The van der Waals surface area contributed by atoms with Crippen molar-refractivity contribution in [2.24, 2.45) is 5.50 Å². The highest BCUT2D eigenvalue weighted by atomic mass is 35.5. The first-order chi connectivity index (χ1) is 12.5. The number of piperidine rings is 1. The third-order valence-electron chi connectivity index (χ3n) is 3.60. The molecule has 11 nitrogen and oxygen atoms in total. The van der Waals surface area contributed by atoms with Crippen molar-refractivity contribution < 1.29 is 31.9 Å². The van der Waals surface area contributed by atoms with E-state index in [0.29, 0.717) is 21.7 Å². The zero-order valence-corrected chi connectivity index (χ0v) is 16.3. The SMILES string of the molecule is N[P@@](=O)(NS(=O)(=O)O)N1CCC[C@H](NC(=O)OCc2ccc(Cl)cc2)C1=O. The number of rotatable bonds is 6. The first kappa shape index (κ1) is 21.6. The van der Waals surface area contributed by atoms with Gasteiger partial charge in [0.15, 0.2) is 0 Å². The molecule has 0 aliphatic carbocycles. The molecule has 27 heavy (non-hydrogen) atoms. The number of amides is 2. The lowest BCUT2D eigenvalue weighted by Gasteiger charge is -2.35. The van der Waals surface area contributed by atoms with E-state index in [9.17, 15) is 22.6 Å². The normalized spacial score (nSPS) is 20.0. The second-order valence-corrected chi connectivity index (χ2v) is 9.54. The molecule has 0 aromatic heterocycles. The topological polar surface area (TPSA) is 168 Å². The average molecular weight is 441 g/mol. The van der Waals surface area contributed by atoms with Gasteiger partial charge in [-0.2, -0.15) is 8.42 Å². The number of nitrogens with zero attached hydrogens (tertiary/aromatic N) is 1. The predicted molar refractivity (Wildman–Crippen MR) is 96.0 cm³/mol. The van der Waals surface area contributed by atoms with Crippen LogP contribution in [0.25, 0.3) is 0 Å². The molecule has 1 saturated heterocycles. The summed E-state index contributed by atoms with van der Waals surface area (Å²) in [6, 6.07) is 5.48. The Morgan fingerprint density at radius 3 is 2.63 bits per heavy atom. The van der Waals surface area contributed by atoms with Gasteiger partial charge in [0.2, 0.25) is 0 Å². The summed E-state index contributed by atoms with van der Waals surface area (Å²) in [7, 11) is -9.29. The molecule has 2 rings (SSSR count). The minimum absolute atomic E-state index is 0.0622. The van der Waals surface area contributed by atoms with Crippen molar-refractivity contribution in [3.63, 3.8) is 0 Å². The molecule has 150 valence electrons. The van der Waals surface area contributed by atoms with Gasteiger partial charge in [0, 0.05) is 11.6 Å². The van der Waals surface area contributed by atoms with Crippen LogP contribution >= 0.6 is 19.2 Å². The van der Waals surface area contributed by atoms with Crippen LogP contribution in [0.5, 0.6) is 0 Å². The molecule has 0 spiro atoms. The molecule has 1 aliphatic heterocycles. The predicted octanol–water partition coefficient (Wildman–Crippen LogP) is 1.02. The summed E-state index contributed by atoms with van der Waals surface area (Å²) < 4.78 is 49.6. The van der Waals surface area contributed by atoms with Crippen molar-refractivity contribution >= 4 is 41.5 Å². The molecular formula is C13H18ClN4O7PS. The number of nitrogens with one attached hydrogen (secondary N) is 2. The second kappa shape index (κ2) is 8.55. The highest BCUT2D eigenvalue weighted by Crippen LogP contribution is 2.40. The van der Waals surface area contributed by atoms with Crippen molar-refractivity contribution in [2.45, 2.75) is 25.5 Å². The molecule has 1 aromatic rings. The van der Waals surface area contributed by atoms with Crippen LogP contribution in [0.15, 0.2) is 24.3 Å². The summed E-state index contributed by atoms with van der Waals surface area (Å²) in [5.74, 6) is -0.855. The summed E-state index contributed by atoms with van der Waals surface area (Å²) in [5.41, 5.74) is 6.04. The molecule has 1 heterocycles. The fraction of sp³-hybridized carbons (Fsp3) is 0.385. The Morgan fingerprint density at radius 2 is 2.04 bits per heavy atom. The number of hydrogen-bond acceptors (Lipinski definition) is 6. The molecule has 1 aromatic carbocycles. The van der Waals surface area contributed by atoms with Gasteiger partial charge in [-0.25, -0.2) is 4.79 Å². The smallest absolute Gasteiger partial charge is 0.408 e. The second-order valence-electron chi connectivity index (χ2n) is 5.69. The first-order valence-corrected chi connectivity index (χ1v) is 11.2. The van der Waals surface area contributed by atoms with E-state index in [1.54, 1.807) is 24.3 Å². The lowest BCUT2D eigenvalue weighted by molar-refractivity contribution is -0.130. The van der Waals surface area contributed by atoms with Crippen molar-refractivity contribution in [3.8, 4) is 0 Å². The Bertz CT molecular complexity index is 864. The number of benzene rings is 1. The van der Waals surface area contributed by atoms with Gasteiger partial charge in [-0.15, -0.1) is 4.49 Å². The number of carbonyl (C=O) groups excluding carboxylic acids is 2. The fourth-order valence-corrected chi connectivity index (χ4v) is 5.13. The van der Waals surface area contributed by atoms with E-state index in [1.165, 1.54) is 4.49 Å². The summed E-state index contributed by atoms with van der Waals surface area (Å²) in [6.45, 7) is -0.166. The van der Waals surface area contributed by atoms with Gasteiger partial charge in [-0.1, -0.05) is 23.7 Å². The van der Waals surface area contributed by atoms with Gasteiger partial charge < -0.3 is 10.1 Å². The molecule has 14 heteroatoms. The lowest BCUT2D eigenvalue weighted by atomic mass is 10.1. The zero-order chi connectivity index (χ0) is 20.2. The van der Waals surface area contributed by atoms with Gasteiger partial charge in [-0.05, 0) is 30.5 Å². The van der Waals surface area contributed by atoms with E-state index >= 15 is 0 Å². The van der Waals surface area contributed by atoms with Crippen molar-refractivity contribution in [3.05, 3.63) is 34.9 Å². The highest BCUT2D eigenvalue weighted by molar-refractivity contribution is 7.90. The van der Waals surface area contributed by atoms with Crippen molar-refractivity contribution in [1.29, 1.82) is 0 Å². The maximum absolute atomic E-state index is 12.4.